The molecule has 1 N–H and O–H groups in total. The Bertz CT molecular complexity index is 834. The van der Waals surface area contributed by atoms with Gasteiger partial charge in [-0.2, -0.15) is 4.68 Å². The lowest BCUT2D eigenvalue weighted by Gasteiger charge is -2.06. The maximum Gasteiger partial charge on any atom is 0.230 e. The van der Waals surface area contributed by atoms with Gasteiger partial charge in [-0.1, -0.05) is 54.2 Å². The van der Waals surface area contributed by atoms with E-state index < -0.39 is 0 Å². The Hall–Kier alpha value is -2.67. The molecule has 0 spiro atoms. The summed E-state index contributed by atoms with van der Waals surface area (Å²) in [5, 5.41) is 15.3. The van der Waals surface area contributed by atoms with Crippen molar-refractivity contribution in [3.05, 3.63) is 65.7 Å². The molecule has 0 fully saturated rings. The number of hydrogen-bond acceptors (Lipinski definition) is 5. The number of amides is 1. The lowest BCUT2D eigenvalue weighted by Crippen LogP contribution is -2.27. The number of tetrazole rings is 1. The zero-order valence-corrected chi connectivity index (χ0v) is 14.7. The molecular weight excluding hydrogens is 334 g/mol. The topological polar surface area (TPSA) is 72.7 Å². The van der Waals surface area contributed by atoms with Crippen LogP contribution in [0.2, 0.25) is 0 Å². The average Bonchev–Trinajstić information content (AvgIpc) is 3.09. The van der Waals surface area contributed by atoms with E-state index in [1.807, 2.05) is 49.4 Å². The van der Waals surface area contributed by atoms with Crippen LogP contribution in [0.5, 0.6) is 0 Å². The first-order chi connectivity index (χ1) is 12.2. The van der Waals surface area contributed by atoms with Crippen molar-refractivity contribution in [3.8, 4) is 5.69 Å². The molecule has 0 aliphatic heterocycles. The third-order valence-corrected chi connectivity index (χ3v) is 4.52. The molecule has 6 nitrogen and oxygen atoms in total. The molecule has 0 unspecified atom stereocenters. The van der Waals surface area contributed by atoms with Crippen molar-refractivity contribution in [1.82, 2.24) is 25.5 Å². The van der Waals surface area contributed by atoms with E-state index in [2.05, 4.69) is 33.0 Å². The van der Waals surface area contributed by atoms with E-state index in [0.29, 0.717) is 11.7 Å². The molecule has 0 aliphatic rings. The van der Waals surface area contributed by atoms with Crippen LogP contribution < -0.4 is 5.32 Å². The highest BCUT2D eigenvalue weighted by atomic mass is 32.2. The third kappa shape index (κ3) is 4.90. The van der Waals surface area contributed by atoms with Crippen LogP contribution in [-0.4, -0.2) is 38.4 Å². The van der Waals surface area contributed by atoms with E-state index >= 15 is 0 Å². The number of hydrogen-bond donors (Lipinski definition) is 1. The quantitative estimate of drug-likeness (QED) is 0.661. The second-order valence-corrected chi connectivity index (χ2v) is 6.53. The van der Waals surface area contributed by atoms with Crippen LogP contribution in [0.25, 0.3) is 5.69 Å². The van der Waals surface area contributed by atoms with E-state index in [-0.39, 0.29) is 11.7 Å². The summed E-state index contributed by atoms with van der Waals surface area (Å²) in [6, 6.07) is 18.0. The zero-order valence-electron chi connectivity index (χ0n) is 13.9. The number of carbonyl (C=O) groups excluding carboxylic acids is 1. The van der Waals surface area contributed by atoms with Gasteiger partial charge in [-0.15, -0.1) is 5.10 Å². The summed E-state index contributed by atoms with van der Waals surface area (Å²) in [6.45, 7) is 2.63. The number of aryl methyl sites for hydroxylation is 1. The summed E-state index contributed by atoms with van der Waals surface area (Å²) in [5.41, 5.74) is 3.22. The molecule has 3 aromatic rings. The van der Waals surface area contributed by atoms with Gasteiger partial charge in [0.15, 0.2) is 0 Å². The van der Waals surface area contributed by atoms with Crippen molar-refractivity contribution in [3.63, 3.8) is 0 Å². The summed E-state index contributed by atoms with van der Waals surface area (Å²) < 4.78 is 1.65. The van der Waals surface area contributed by atoms with Crippen molar-refractivity contribution in [2.75, 3.05) is 12.3 Å². The fraction of sp³-hybridized carbons (Fsp3) is 0.222. The Morgan fingerprint density at radius 1 is 1.16 bits per heavy atom. The predicted octanol–water partition coefficient (Wildman–Crippen LogP) is 2.42. The molecule has 128 valence electrons. The molecule has 3 rings (SSSR count). The Kier molecular flexibility index (Phi) is 5.79. The van der Waals surface area contributed by atoms with Gasteiger partial charge in [0, 0.05) is 6.54 Å². The first-order valence-electron chi connectivity index (χ1n) is 8.01. The van der Waals surface area contributed by atoms with E-state index in [1.54, 1.807) is 4.68 Å². The van der Waals surface area contributed by atoms with Gasteiger partial charge in [0.25, 0.3) is 0 Å². The normalized spacial score (nSPS) is 10.6. The molecule has 7 heteroatoms. The number of carbonyl (C=O) groups is 1. The number of nitrogens with zero attached hydrogens (tertiary/aromatic N) is 4. The highest BCUT2D eigenvalue weighted by Gasteiger charge is 2.11. The minimum atomic E-state index is -0.0280. The fourth-order valence-electron chi connectivity index (χ4n) is 2.36. The Morgan fingerprint density at radius 3 is 2.80 bits per heavy atom. The number of aromatic nitrogens is 4. The van der Waals surface area contributed by atoms with Gasteiger partial charge in [0.2, 0.25) is 11.1 Å². The largest absolute Gasteiger partial charge is 0.355 e. The van der Waals surface area contributed by atoms with Gasteiger partial charge in [0.1, 0.15) is 0 Å². The number of nitrogens with one attached hydrogen (secondary N) is 1. The van der Waals surface area contributed by atoms with Crippen molar-refractivity contribution < 1.29 is 4.79 Å². The summed E-state index contributed by atoms with van der Waals surface area (Å²) in [4.78, 5) is 12.0. The Labute approximate surface area is 150 Å². The summed E-state index contributed by atoms with van der Waals surface area (Å²) in [7, 11) is 0. The summed E-state index contributed by atoms with van der Waals surface area (Å²) in [6.07, 6.45) is 0.818. The highest BCUT2D eigenvalue weighted by molar-refractivity contribution is 7.99. The zero-order chi connectivity index (χ0) is 17.5. The molecule has 25 heavy (non-hydrogen) atoms. The van der Waals surface area contributed by atoms with Gasteiger partial charge in [0.05, 0.1) is 11.4 Å². The van der Waals surface area contributed by atoms with Crippen LogP contribution in [0.3, 0.4) is 0 Å². The summed E-state index contributed by atoms with van der Waals surface area (Å²) >= 11 is 1.32. The monoisotopic (exact) mass is 353 g/mol. The molecule has 0 saturated heterocycles. The Morgan fingerprint density at radius 2 is 2.00 bits per heavy atom. The van der Waals surface area contributed by atoms with Crippen molar-refractivity contribution in [2.24, 2.45) is 0 Å². The molecule has 1 heterocycles. The van der Waals surface area contributed by atoms with Crippen molar-refractivity contribution in [2.45, 2.75) is 18.5 Å². The molecule has 1 aromatic heterocycles. The lowest BCUT2D eigenvalue weighted by atomic mass is 10.1. The van der Waals surface area contributed by atoms with Crippen LogP contribution >= 0.6 is 11.8 Å². The minimum Gasteiger partial charge on any atom is -0.355 e. The van der Waals surface area contributed by atoms with E-state index in [4.69, 9.17) is 0 Å². The van der Waals surface area contributed by atoms with Gasteiger partial charge in [-0.05, 0) is 47.0 Å². The maximum absolute atomic E-state index is 12.0. The molecule has 0 saturated carbocycles. The van der Waals surface area contributed by atoms with E-state index in [1.165, 1.54) is 17.3 Å². The van der Waals surface area contributed by atoms with Gasteiger partial charge < -0.3 is 5.32 Å². The lowest BCUT2D eigenvalue weighted by molar-refractivity contribution is -0.118. The molecule has 0 atom stereocenters. The first-order valence-corrected chi connectivity index (χ1v) is 9.00. The predicted molar refractivity (Wildman–Crippen MR) is 97.8 cm³/mol. The number of rotatable bonds is 7. The van der Waals surface area contributed by atoms with Crippen LogP contribution in [0, 0.1) is 6.92 Å². The van der Waals surface area contributed by atoms with E-state index in [0.717, 1.165) is 17.7 Å². The maximum atomic E-state index is 12.0. The minimum absolute atomic E-state index is 0.0280. The van der Waals surface area contributed by atoms with Crippen molar-refractivity contribution >= 4 is 17.7 Å². The standard InChI is InChI=1S/C18H19N5OS/c1-14-6-5-9-16(12-14)23-18(20-21-22-23)25-13-17(24)19-11-10-15-7-3-2-4-8-15/h2-9,12H,10-11,13H2,1H3,(H,19,24). The third-order valence-electron chi connectivity index (χ3n) is 3.60. The van der Waals surface area contributed by atoms with Crippen LogP contribution in [0.1, 0.15) is 11.1 Å². The van der Waals surface area contributed by atoms with Crippen LogP contribution in [0.4, 0.5) is 0 Å². The number of thioether (sulfide) groups is 1. The second kappa shape index (κ2) is 8.43. The molecule has 1 amide bonds. The van der Waals surface area contributed by atoms with Crippen molar-refractivity contribution in [1.29, 1.82) is 0 Å². The summed E-state index contributed by atoms with van der Waals surface area (Å²) in [5.74, 6) is 0.251. The van der Waals surface area contributed by atoms with Crippen LogP contribution in [-0.2, 0) is 11.2 Å². The van der Waals surface area contributed by atoms with Crippen LogP contribution in [0.15, 0.2) is 59.8 Å². The average molecular weight is 353 g/mol. The van der Waals surface area contributed by atoms with Gasteiger partial charge in [-0.25, -0.2) is 0 Å². The molecule has 0 aliphatic carbocycles. The second-order valence-electron chi connectivity index (χ2n) is 5.59. The molecule has 2 aromatic carbocycles. The van der Waals surface area contributed by atoms with E-state index in [9.17, 15) is 4.79 Å². The molecular formula is C18H19N5OS. The molecule has 0 bridgehead atoms. The number of benzene rings is 2. The van der Waals surface area contributed by atoms with Gasteiger partial charge in [-0.3, -0.25) is 4.79 Å². The first kappa shape index (κ1) is 17.2. The highest BCUT2D eigenvalue weighted by Crippen LogP contribution is 2.18. The molecule has 0 radical (unpaired) electrons. The Balaban J connectivity index is 1.50. The smallest absolute Gasteiger partial charge is 0.230 e. The fourth-order valence-corrected chi connectivity index (χ4v) is 3.08. The van der Waals surface area contributed by atoms with Gasteiger partial charge >= 0.3 is 0 Å². The SMILES string of the molecule is Cc1cccc(-n2nnnc2SCC(=O)NCCc2ccccc2)c1.